The molecular formula is C22H17BrO2. The van der Waals surface area contributed by atoms with Crippen LogP contribution in [0.15, 0.2) is 89.4 Å². The maximum absolute atomic E-state index is 13.0. The van der Waals surface area contributed by atoms with Crippen molar-refractivity contribution < 1.29 is 9.59 Å². The topological polar surface area (TPSA) is 34.1 Å². The lowest BCUT2D eigenvalue weighted by molar-refractivity contribution is 0.0893. The molecule has 0 aromatic heterocycles. The molecule has 0 bridgehead atoms. The molecule has 124 valence electrons. The molecule has 3 heteroatoms. The number of carbonyl (C=O) groups is 2. The summed E-state index contributed by atoms with van der Waals surface area (Å²) in [7, 11) is 0. The predicted molar refractivity (Wildman–Crippen MR) is 103 cm³/mol. The Morgan fingerprint density at radius 3 is 1.96 bits per heavy atom. The molecule has 0 aliphatic heterocycles. The van der Waals surface area contributed by atoms with Gasteiger partial charge in [0.2, 0.25) is 0 Å². The smallest absolute Gasteiger partial charge is 0.170 e. The predicted octanol–water partition coefficient (Wildman–Crippen LogP) is 5.69. The average molecular weight is 393 g/mol. The van der Waals surface area contributed by atoms with Gasteiger partial charge in [-0.05, 0) is 11.6 Å². The van der Waals surface area contributed by atoms with Gasteiger partial charge >= 0.3 is 0 Å². The van der Waals surface area contributed by atoms with E-state index in [1.54, 1.807) is 18.2 Å². The van der Waals surface area contributed by atoms with Gasteiger partial charge in [-0.1, -0.05) is 94.8 Å². The minimum Gasteiger partial charge on any atom is -0.294 e. The SMILES string of the molecule is O=C(CC(C(=O)c1ccccc1)c1ccccc1)c1ccccc1Br. The van der Waals surface area contributed by atoms with Crippen molar-refractivity contribution >= 4 is 27.5 Å². The highest BCUT2D eigenvalue weighted by atomic mass is 79.9. The van der Waals surface area contributed by atoms with Crippen molar-refractivity contribution in [2.75, 3.05) is 0 Å². The summed E-state index contributed by atoms with van der Waals surface area (Å²) in [5.41, 5.74) is 2.08. The molecule has 1 unspecified atom stereocenters. The molecule has 0 N–H and O–H groups in total. The lowest BCUT2D eigenvalue weighted by atomic mass is 9.85. The van der Waals surface area contributed by atoms with Crippen molar-refractivity contribution in [2.24, 2.45) is 0 Å². The van der Waals surface area contributed by atoms with Crippen molar-refractivity contribution in [1.29, 1.82) is 0 Å². The number of halogens is 1. The Kier molecular flexibility index (Phi) is 5.56. The summed E-state index contributed by atoms with van der Waals surface area (Å²) in [4.78, 5) is 25.8. The lowest BCUT2D eigenvalue weighted by Crippen LogP contribution is -2.17. The largest absolute Gasteiger partial charge is 0.294 e. The quantitative estimate of drug-likeness (QED) is 0.505. The van der Waals surface area contributed by atoms with Crippen molar-refractivity contribution in [3.8, 4) is 0 Å². The zero-order chi connectivity index (χ0) is 17.6. The summed E-state index contributed by atoms with van der Waals surface area (Å²) in [6.45, 7) is 0. The third-order valence-electron chi connectivity index (χ3n) is 4.14. The van der Waals surface area contributed by atoms with Crippen LogP contribution in [0.4, 0.5) is 0 Å². The van der Waals surface area contributed by atoms with E-state index in [0.29, 0.717) is 11.1 Å². The molecule has 0 aliphatic carbocycles. The maximum atomic E-state index is 13.0. The van der Waals surface area contributed by atoms with Crippen molar-refractivity contribution in [3.05, 3.63) is 106 Å². The van der Waals surface area contributed by atoms with Crippen LogP contribution in [-0.2, 0) is 0 Å². The van der Waals surface area contributed by atoms with Gasteiger partial charge in [0.05, 0.1) is 5.92 Å². The molecule has 3 aromatic rings. The van der Waals surface area contributed by atoms with E-state index in [4.69, 9.17) is 0 Å². The van der Waals surface area contributed by atoms with Gasteiger partial charge in [-0.25, -0.2) is 0 Å². The first-order valence-electron chi connectivity index (χ1n) is 8.09. The van der Waals surface area contributed by atoms with Crippen LogP contribution in [0, 0.1) is 0 Å². The average Bonchev–Trinajstić information content (AvgIpc) is 2.67. The summed E-state index contributed by atoms with van der Waals surface area (Å²) < 4.78 is 0.749. The van der Waals surface area contributed by atoms with Gasteiger partial charge in [-0.15, -0.1) is 0 Å². The first kappa shape index (κ1) is 17.3. The third kappa shape index (κ3) is 4.12. The fraction of sp³-hybridized carbons (Fsp3) is 0.0909. The van der Waals surface area contributed by atoms with Crippen LogP contribution in [0.1, 0.15) is 38.6 Å². The highest BCUT2D eigenvalue weighted by Crippen LogP contribution is 2.28. The molecule has 2 nitrogen and oxygen atoms in total. The second-order valence-corrected chi connectivity index (χ2v) is 6.66. The Morgan fingerprint density at radius 1 is 0.760 bits per heavy atom. The number of carbonyl (C=O) groups excluding carboxylic acids is 2. The molecule has 0 spiro atoms. The van der Waals surface area contributed by atoms with E-state index in [-0.39, 0.29) is 18.0 Å². The highest BCUT2D eigenvalue weighted by molar-refractivity contribution is 9.10. The van der Waals surface area contributed by atoms with E-state index in [2.05, 4.69) is 15.9 Å². The molecule has 0 saturated heterocycles. The van der Waals surface area contributed by atoms with Crippen LogP contribution in [0.25, 0.3) is 0 Å². The van der Waals surface area contributed by atoms with Gasteiger partial charge in [0.1, 0.15) is 0 Å². The number of hydrogen-bond acceptors (Lipinski definition) is 2. The zero-order valence-electron chi connectivity index (χ0n) is 13.6. The Morgan fingerprint density at radius 2 is 1.32 bits per heavy atom. The fourth-order valence-electron chi connectivity index (χ4n) is 2.83. The second kappa shape index (κ2) is 8.04. The molecule has 1 atom stereocenters. The molecular weight excluding hydrogens is 376 g/mol. The number of rotatable bonds is 6. The molecule has 25 heavy (non-hydrogen) atoms. The van der Waals surface area contributed by atoms with Crippen LogP contribution >= 0.6 is 15.9 Å². The minimum absolute atomic E-state index is 0.0350. The van der Waals surface area contributed by atoms with E-state index < -0.39 is 5.92 Å². The van der Waals surface area contributed by atoms with E-state index in [9.17, 15) is 9.59 Å². The minimum atomic E-state index is -0.497. The van der Waals surface area contributed by atoms with Crippen LogP contribution in [-0.4, -0.2) is 11.6 Å². The van der Waals surface area contributed by atoms with E-state index >= 15 is 0 Å². The maximum Gasteiger partial charge on any atom is 0.170 e. The summed E-state index contributed by atoms with van der Waals surface area (Å²) in [5.74, 6) is -0.582. The third-order valence-corrected chi connectivity index (χ3v) is 4.83. The first-order valence-corrected chi connectivity index (χ1v) is 8.88. The van der Waals surface area contributed by atoms with Gasteiger partial charge in [-0.3, -0.25) is 9.59 Å². The van der Waals surface area contributed by atoms with Crippen LogP contribution in [0.5, 0.6) is 0 Å². The first-order chi connectivity index (χ1) is 12.2. The standard InChI is InChI=1S/C22H17BrO2/c23-20-14-8-7-13-18(20)21(24)15-19(16-9-3-1-4-10-16)22(25)17-11-5-2-6-12-17/h1-14,19H,15H2. The monoisotopic (exact) mass is 392 g/mol. The van der Waals surface area contributed by atoms with Crippen LogP contribution < -0.4 is 0 Å². The number of ketones is 2. The Balaban J connectivity index is 1.94. The molecule has 0 aliphatic rings. The summed E-state index contributed by atoms with van der Waals surface area (Å²) >= 11 is 3.42. The van der Waals surface area contributed by atoms with Crippen LogP contribution in [0.2, 0.25) is 0 Å². The van der Waals surface area contributed by atoms with E-state index in [1.165, 1.54) is 0 Å². The molecule has 0 saturated carbocycles. The second-order valence-electron chi connectivity index (χ2n) is 5.80. The van der Waals surface area contributed by atoms with E-state index in [1.807, 2.05) is 66.7 Å². The number of hydrogen-bond donors (Lipinski definition) is 0. The summed E-state index contributed by atoms with van der Waals surface area (Å²) in [6, 6.07) is 25.9. The fourth-order valence-corrected chi connectivity index (χ4v) is 3.34. The van der Waals surface area contributed by atoms with Crippen molar-refractivity contribution in [1.82, 2.24) is 0 Å². The molecule has 0 radical (unpaired) electrons. The summed E-state index contributed by atoms with van der Waals surface area (Å²) in [6.07, 6.45) is 0.139. The lowest BCUT2D eigenvalue weighted by Gasteiger charge is -2.16. The number of Topliss-reactive ketones (excluding diaryl/α,β-unsaturated/α-hetero) is 2. The Bertz CT molecular complexity index is 873. The summed E-state index contributed by atoms with van der Waals surface area (Å²) in [5, 5.41) is 0. The molecule has 0 heterocycles. The van der Waals surface area contributed by atoms with Gasteiger partial charge in [0, 0.05) is 22.0 Å². The van der Waals surface area contributed by atoms with Gasteiger partial charge in [-0.2, -0.15) is 0 Å². The molecule has 3 aromatic carbocycles. The molecule has 3 rings (SSSR count). The van der Waals surface area contributed by atoms with Crippen molar-refractivity contribution in [3.63, 3.8) is 0 Å². The zero-order valence-corrected chi connectivity index (χ0v) is 15.1. The van der Waals surface area contributed by atoms with Gasteiger partial charge in [0.25, 0.3) is 0 Å². The normalized spacial score (nSPS) is 11.7. The number of benzene rings is 3. The van der Waals surface area contributed by atoms with Gasteiger partial charge in [0.15, 0.2) is 11.6 Å². The Hall–Kier alpha value is -2.52. The van der Waals surface area contributed by atoms with Crippen LogP contribution in [0.3, 0.4) is 0 Å². The Labute approximate surface area is 155 Å². The highest BCUT2D eigenvalue weighted by Gasteiger charge is 2.25. The van der Waals surface area contributed by atoms with E-state index in [0.717, 1.165) is 10.0 Å². The van der Waals surface area contributed by atoms with Crippen molar-refractivity contribution in [2.45, 2.75) is 12.3 Å². The molecule has 0 fully saturated rings. The van der Waals surface area contributed by atoms with Gasteiger partial charge < -0.3 is 0 Å². The molecule has 0 amide bonds.